The number of aliphatic imine (C=N–C) groups is 1. The highest BCUT2D eigenvalue weighted by atomic mass is 35.5. The number of nitrogens with two attached hydrogens (primary N) is 1. The van der Waals surface area contributed by atoms with Gasteiger partial charge in [-0.2, -0.15) is 0 Å². The fourth-order valence-electron chi connectivity index (χ4n) is 1.72. The Labute approximate surface area is 123 Å². The number of rotatable bonds is 5. The van der Waals surface area contributed by atoms with E-state index in [1.54, 1.807) is 13.1 Å². The van der Waals surface area contributed by atoms with E-state index in [2.05, 4.69) is 4.99 Å². The van der Waals surface area contributed by atoms with Gasteiger partial charge in [-0.1, -0.05) is 18.5 Å². The van der Waals surface area contributed by atoms with Gasteiger partial charge in [0.1, 0.15) is 11.5 Å². The monoisotopic (exact) mass is 292 g/mol. The lowest BCUT2D eigenvalue weighted by Crippen LogP contribution is -2.11. The van der Waals surface area contributed by atoms with Crippen LogP contribution in [0.1, 0.15) is 19.1 Å². The third kappa shape index (κ3) is 3.14. The normalized spacial score (nSPS) is 11.7. The topological polar surface area (TPSA) is 60.8 Å². The van der Waals surface area contributed by atoms with Crippen molar-refractivity contribution in [1.29, 1.82) is 0 Å². The van der Waals surface area contributed by atoms with Gasteiger partial charge in [0.25, 0.3) is 0 Å². The summed E-state index contributed by atoms with van der Waals surface area (Å²) in [7, 11) is 1.62. The minimum absolute atomic E-state index is 0.366. The highest BCUT2D eigenvalue weighted by Crippen LogP contribution is 2.31. The van der Waals surface area contributed by atoms with E-state index in [-0.39, 0.29) is 0 Å². The van der Waals surface area contributed by atoms with Gasteiger partial charge in [-0.25, -0.2) is 0 Å². The molecule has 2 N–H and O–H groups in total. The summed E-state index contributed by atoms with van der Waals surface area (Å²) in [6.45, 7) is 2.69. The van der Waals surface area contributed by atoms with E-state index in [0.29, 0.717) is 34.7 Å². The second-order valence-electron chi connectivity index (χ2n) is 4.27. The van der Waals surface area contributed by atoms with Crippen molar-refractivity contribution in [3.8, 4) is 17.1 Å². The lowest BCUT2D eigenvalue weighted by atomic mass is 10.1. The Morgan fingerprint density at radius 2 is 2.15 bits per heavy atom. The van der Waals surface area contributed by atoms with Crippen LogP contribution in [0.2, 0.25) is 5.02 Å². The van der Waals surface area contributed by atoms with Crippen LogP contribution in [0.4, 0.5) is 0 Å². The summed E-state index contributed by atoms with van der Waals surface area (Å²) in [5.74, 6) is 2.28. The molecule has 0 amide bonds. The van der Waals surface area contributed by atoms with E-state index in [9.17, 15) is 0 Å². The zero-order valence-corrected chi connectivity index (χ0v) is 12.3. The van der Waals surface area contributed by atoms with Crippen LogP contribution in [-0.2, 0) is 0 Å². The van der Waals surface area contributed by atoms with Crippen molar-refractivity contribution in [2.24, 2.45) is 10.7 Å². The van der Waals surface area contributed by atoms with Crippen molar-refractivity contribution in [2.75, 3.05) is 13.7 Å². The van der Waals surface area contributed by atoms with Gasteiger partial charge < -0.3 is 14.9 Å². The van der Waals surface area contributed by atoms with Crippen LogP contribution >= 0.6 is 11.6 Å². The van der Waals surface area contributed by atoms with Crippen molar-refractivity contribution in [2.45, 2.75) is 13.3 Å². The molecule has 2 rings (SSSR count). The van der Waals surface area contributed by atoms with Gasteiger partial charge in [-0.3, -0.25) is 4.99 Å². The molecule has 0 saturated heterocycles. The van der Waals surface area contributed by atoms with Gasteiger partial charge in [0.2, 0.25) is 0 Å². The molecule has 0 unspecified atom stereocenters. The second-order valence-corrected chi connectivity index (χ2v) is 4.67. The Morgan fingerprint density at radius 1 is 1.35 bits per heavy atom. The summed E-state index contributed by atoms with van der Waals surface area (Å²) >= 11 is 6.20. The number of furan rings is 1. The molecule has 1 aromatic carbocycles. The van der Waals surface area contributed by atoms with Gasteiger partial charge in [0.05, 0.1) is 11.6 Å². The molecule has 20 heavy (non-hydrogen) atoms. The predicted molar refractivity (Wildman–Crippen MR) is 81.6 cm³/mol. The summed E-state index contributed by atoms with van der Waals surface area (Å²) in [6, 6.07) is 9.18. The molecule has 0 fully saturated rings. The second kappa shape index (κ2) is 6.48. The Morgan fingerprint density at radius 3 is 2.80 bits per heavy atom. The summed E-state index contributed by atoms with van der Waals surface area (Å²) < 4.78 is 11.2. The largest absolute Gasteiger partial charge is 0.492 e. The fourth-order valence-corrected chi connectivity index (χ4v) is 1.96. The number of amidine groups is 1. The van der Waals surface area contributed by atoms with Crippen molar-refractivity contribution in [3.05, 3.63) is 41.1 Å². The molecule has 0 aliphatic heterocycles. The van der Waals surface area contributed by atoms with Crippen LogP contribution in [0.5, 0.6) is 5.75 Å². The maximum Gasteiger partial charge on any atom is 0.169 e. The first-order chi connectivity index (χ1) is 9.65. The molecule has 0 bridgehead atoms. The number of hydrogen-bond acceptors (Lipinski definition) is 3. The number of halogens is 1. The molecule has 4 nitrogen and oxygen atoms in total. The molecule has 0 spiro atoms. The SMILES string of the molecule is CCCOc1ccc(-c2ccc(C(N)=NC)o2)cc1Cl. The molecule has 0 saturated carbocycles. The zero-order valence-electron chi connectivity index (χ0n) is 11.5. The average molecular weight is 293 g/mol. The van der Waals surface area contributed by atoms with E-state index in [1.807, 2.05) is 31.2 Å². The van der Waals surface area contributed by atoms with Crippen LogP contribution < -0.4 is 10.5 Å². The van der Waals surface area contributed by atoms with E-state index < -0.39 is 0 Å². The van der Waals surface area contributed by atoms with E-state index >= 15 is 0 Å². The van der Waals surface area contributed by atoms with Crippen molar-refractivity contribution >= 4 is 17.4 Å². The van der Waals surface area contributed by atoms with Crippen LogP contribution in [0.25, 0.3) is 11.3 Å². The number of nitrogens with zero attached hydrogens (tertiary/aromatic N) is 1. The first kappa shape index (κ1) is 14.5. The molecule has 0 atom stereocenters. The zero-order chi connectivity index (χ0) is 14.5. The van der Waals surface area contributed by atoms with Crippen LogP contribution in [0, 0.1) is 0 Å². The predicted octanol–water partition coefficient (Wildman–Crippen LogP) is 3.72. The summed E-state index contributed by atoms with van der Waals surface area (Å²) in [4.78, 5) is 3.89. The van der Waals surface area contributed by atoms with Crippen LogP contribution in [-0.4, -0.2) is 19.5 Å². The number of hydrogen-bond donors (Lipinski definition) is 1. The quantitative estimate of drug-likeness (QED) is 0.675. The Balaban J connectivity index is 2.25. The third-order valence-corrected chi connectivity index (χ3v) is 3.07. The lowest BCUT2D eigenvalue weighted by molar-refractivity contribution is 0.317. The van der Waals surface area contributed by atoms with Crippen molar-refractivity contribution in [1.82, 2.24) is 0 Å². The first-order valence-electron chi connectivity index (χ1n) is 6.41. The van der Waals surface area contributed by atoms with E-state index in [0.717, 1.165) is 12.0 Å². The Bertz CT molecular complexity index is 620. The molecule has 0 aliphatic carbocycles. The van der Waals surface area contributed by atoms with Crippen molar-refractivity contribution < 1.29 is 9.15 Å². The standard InChI is InChI=1S/C15H17ClN2O2/c1-3-8-19-13-5-4-10(9-11(13)16)12-6-7-14(20-12)15(17)18-2/h4-7,9H,3,8H2,1-2H3,(H2,17,18). The maximum absolute atomic E-state index is 6.20. The Hall–Kier alpha value is -1.94. The lowest BCUT2D eigenvalue weighted by Gasteiger charge is -2.07. The Kier molecular flexibility index (Phi) is 4.69. The van der Waals surface area contributed by atoms with E-state index in [1.165, 1.54) is 0 Å². The van der Waals surface area contributed by atoms with Gasteiger partial charge in [0.15, 0.2) is 11.6 Å². The van der Waals surface area contributed by atoms with E-state index in [4.69, 9.17) is 26.5 Å². The highest BCUT2D eigenvalue weighted by Gasteiger charge is 2.10. The first-order valence-corrected chi connectivity index (χ1v) is 6.78. The van der Waals surface area contributed by atoms with Crippen LogP contribution in [0.15, 0.2) is 39.7 Å². The van der Waals surface area contributed by atoms with Gasteiger partial charge in [-0.05, 0) is 36.8 Å². The summed E-state index contributed by atoms with van der Waals surface area (Å²) in [6.07, 6.45) is 0.940. The summed E-state index contributed by atoms with van der Waals surface area (Å²) in [5, 5.41) is 0.561. The molecular weight excluding hydrogens is 276 g/mol. The molecule has 0 aliphatic rings. The average Bonchev–Trinajstić information content (AvgIpc) is 2.95. The van der Waals surface area contributed by atoms with Crippen LogP contribution in [0.3, 0.4) is 0 Å². The van der Waals surface area contributed by atoms with Gasteiger partial charge >= 0.3 is 0 Å². The van der Waals surface area contributed by atoms with Gasteiger partial charge in [0, 0.05) is 12.6 Å². The molecule has 106 valence electrons. The number of benzene rings is 1. The highest BCUT2D eigenvalue weighted by molar-refractivity contribution is 6.32. The van der Waals surface area contributed by atoms with Gasteiger partial charge in [-0.15, -0.1) is 0 Å². The molecule has 1 aromatic heterocycles. The third-order valence-electron chi connectivity index (χ3n) is 2.78. The van der Waals surface area contributed by atoms with Crippen molar-refractivity contribution in [3.63, 3.8) is 0 Å². The minimum atomic E-state index is 0.366. The molecule has 1 heterocycles. The molecule has 0 radical (unpaired) electrons. The molecule has 5 heteroatoms. The fraction of sp³-hybridized carbons (Fsp3) is 0.267. The summed E-state index contributed by atoms with van der Waals surface area (Å²) in [5.41, 5.74) is 6.57. The maximum atomic E-state index is 6.20. The molecule has 2 aromatic rings. The smallest absolute Gasteiger partial charge is 0.169 e. The number of ether oxygens (including phenoxy) is 1. The minimum Gasteiger partial charge on any atom is -0.492 e. The molecular formula is C15H17ClN2O2.